The van der Waals surface area contributed by atoms with Crippen molar-refractivity contribution in [3.05, 3.63) is 0 Å². The summed E-state index contributed by atoms with van der Waals surface area (Å²) in [6.07, 6.45) is 5.67. The normalized spacial score (nSPS) is 26.1. The lowest BCUT2D eigenvalue weighted by Gasteiger charge is -2.41. The van der Waals surface area contributed by atoms with Crippen molar-refractivity contribution in [2.75, 3.05) is 20.1 Å². The molecule has 0 atom stereocenters. The predicted molar refractivity (Wildman–Crippen MR) is 60.6 cm³/mol. The van der Waals surface area contributed by atoms with E-state index in [-0.39, 0.29) is 5.54 Å². The second-order valence-electron chi connectivity index (χ2n) is 5.26. The van der Waals surface area contributed by atoms with E-state index in [4.69, 9.17) is 0 Å². The minimum absolute atomic E-state index is 0.246. The molecule has 0 unspecified atom stereocenters. The number of nitrogens with zero attached hydrogens (tertiary/aromatic N) is 1. The van der Waals surface area contributed by atoms with Gasteiger partial charge < -0.3 is 10.2 Å². The minimum Gasteiger partial charge on any atom is -0.342 e. The largest absolute Gasteiger partial charge is 0.342 e. The van der Waals surface area contributed by atoms with E-state index in [9.17, 15) is 4.79 Å². The molecule has 1 aliphatic heterocycles. The molecule has 0 radical (unpaired) electrons. The Morgan fingerprint density at radius 2 is 1.93 bits per heavy atom. The van der Waals surface area contributed by atoms with Crippen LogP contribution in [-0.2, 0) is 4.79 Å². The summed E-state index contributed by atoms with van der Waals surface area (Å²) in [5.74, 6) is 0.781. The van der Waals surface area contributed by atoms with Gasteiger partial charge in [0.05, 0.1) is 0 Å². The molecule has 0 aromatic rings. The number of piperidine rings is 1. The molecule has 1 amide bonds. The summed E-state index contributed by atoms with van der Waals surface area (Å²) in [5, 5.41) is 3.36. The van der Waals surface area contributed by atoms with Crippen molar-refractivity contribution in [2.45, 2.75) is 44.6 Å². The van der Waals surface area contributed by atoms with Gasteiger partial charge in [-0.3, -0.25) is 4.79 Å². The van der Waals surface area contributed by atoms with Crippen LogP contribution in [0.4, 0.5) is 0 Å². The highest BCUT2D eigenvalue weighted by Gasteiger charge is 2.34. The van der Waals surface area contributed by atoms with Crippen molar-refractivity contribution >= 4 is 5.91 Å². The van der Waals surface area contributed by atoms with E-state index < -0.39 is 0 Å². The van der Waals surface area contributed by atoms with E-state index in [1.165, 1.54) is 6.42 Å². The first-order valence-corrected chi connectivity index (χ1v) is 6.12. The Balaban J connectivity index is 1.84. The van der Waals surface area contributed by atoms with Gasteiger partial charge in [0.1, 0.15) is 0 Å². The fourth-order valence-electron chi connectivity index (χ4n) is 2.38. The van der Waals surface area contributed by atoms with Gasteiger partial charge >= 0.3 is 0 Å². The fourth-order valence-corrected chi connectivity index (χ4v) is 2.38. The predicted octanol–water partition coefficient (Wildman–Crippen LogP) is 1.39. The first-order chi connectivity index (χ1) is 7.14. The van der Waals surface area contributed by atoms with E-state index in [1.54, 1.807) is 0 Å². The summed E-state index contributed by atoms with van der Waals surface area (Å²) in [6, 6.07) is 0. The highest BCUT2D eigenvalue weighted by atomic mass is 16.2. The number of rotatable bonds is 2. The van der Waals surface area contributed by atoms with Gasteiger partial charge in [0.2, 0.25) is 5.91 Å². The number of amides is 1. The molecule has 0 aromatic carbocycles. The van der Waals surface area contributed by atoms with E-state index in [1.807, 2.05) is 7.05 Å². The lowest BCUT2D eigenvalue weighted by Crippen LogP contribution is -2.52. The zero-order valence-electron chi connectivity index (χ0n) is 9.88. The van der Waals surface area contributed by atoms with Crippen molar-refractivity contribution in [1.82, 2.24) is 10.2 Å². The summed E-state index contributed by atoms with van der Waals surface area (Å²) in [6.45, 7) is 4.12. The van der Waals surface area contributed by atoms with Crippen LogP contribution in [0.2, 0.25) is 0 Å². The molecule has 1 aliphatic carbocycles. The second kappa shape index (κ2) is 4.12. The Kier molecular flexibility index (Phi) is 3.01. The van der Waals surface area contributed by atoms with Crippen LogP contribution in [0, 0.1) is 5.92 Å². The van der Waals surface area contributed by atoms with Crippen molar-refractivity contribution in [3.8, 4) is 0 Å². The lowest BCUT2D eigenvalue weighted by molar-refractivity contribution is -0.139. The SMILES string of the molecule is CNC1(C)CCN(C(=O)C2CCC2)CC1. The van der Waals surface area contributed by atoms with Crippen molar-refractivity contribution in [2.24, 2.45) is 5.92 Å². The molecular formula is C12H22N2O. The maximum Gasteiger partial charge on any atom is 0.225 e. The van der Waals surface area contributed by atoms with Gasteiger partial charge in [0, 0.05) is 24.5 Å². The van der Waals surface area contributed by atoms with E-state index >= 15 is 0 Å². The summed E-state index contributed by atoms with van der Waals surface area (Å²) in [5.41, 5.74) is 0.246. The van der Waals surface area contributed by atoms with E-state index in [0.29, 0.717) is 11.8 Å². The smallest absolute Gasteiger partial charge is 0.225 e. The molecule has 1 heterocycles. The van der Waals surface area contributed by atoms with Gasteiger partial charge in [-0.05, 0) is 39.7 Å². The van der Waals surface area contributed by atoms with Gasteiger partial charge in [-0.2, -0.15) is 0 Å². The number of nitrogens with one attached hydrogen (secondary N) is 1. The minimum atomic E-state index is 0.246. The Labute approximate surface area is 92.2 Å². The fraction of sp³-hybridized carbons (Fsp3) is 0.917. The van der Waals surface area contributed by atoms with Gasteiger partial charge in [0.15, 0.2) is 0 Å². The number of hydrogen-bond acceptors (Lipinski definition) is 2. The Hall–Kier alpha value is -0.570. The molecule has 1 N–H and O–H groups in total. The zero-order valence-corrected chi connectivity index (χ0v) is 9.88. The molecular weight excluding hydrogens is 188 g/mol. The van der Waals surface area contributed by atoms with Crippen LogP contribution >= 0.6 is 0 Å². The third kappa shape index (κ3) is 2.17. The van der Waals surface area contributed by atoms with Crippen LogP contribution in [0.15, 0.2) is 0 Å². The van der Waals surface area contributed by atoms with Gasteiger partial charge in [0.25, 0.3) is 0 Å². The molecule has 2 rings (SSSR count). The van der Waals surface area contributed by atoms with E-state index in [2.05, 4.69) is 17.1 Å². The van der Waals surface area contributed by atoms with Crippen LogP contribution in [0.5, 0.6) is 0 Å². The van der Waals surface area contributed by atoms with Crippen LogP contribution in [0.1, 0.15) is 39.0 Å². The van der Waals surface area contributed by atoms with Crippen molar-refractivity contribution in [1.29, 1.82) is 0 Å². The molecule has 2 fully saturated rings. The standard InChI is InChI=1S/C12H22N2O/c1-12(13-2)6-8-14(9-7-12)11(15)10-4-3-5-10/h10,13H,3-9H2,1-2H3. The van der Waals surface area contributed by atoms with Gasteiger partial charge in [-0.15, -0.1) is 0 Å². The Morgan fingerprint density at radius 1 is 1.33 bits per heavy atom. The molecule has 0 spiro atoms. The highest BCUT2D eigenvalue weighted by molar-refractivity contribution is 5.79. The number of likely N-dealkylation sites (tertiary alicyclic amines) is 1. The third-order valence-corrected chi connectivity index (χ3v) is 4.24. The maximum atomic E-state index is 12.0. The second-order valence-corrected chi connectivity index (χ2v) is 5.26. The topological polar surface area (TPSA) is 32.3 Å². The quantitative estimate of drug-likeness (QED) is 0.747. The zero-order chi connectivity index (χ0) is 10.9. The highest BCUT2D eigenvalue weighted by Crippen LogP contribution is 2.30. The van der Waals surface area contributed by atoms with Crippen molar-refractivity contribution in [3.63, 3.8) is 0 Å². The lowest BCUT2D eigenvalue weighted by atomic mass is 9.83. The third-order valence-electron chi connectivity index (χ3n) is 4.24. The van der Waals surface area contributed by atoms with E-state index in [0.717, 1.165) is 38.8 Å². The molecule has 15 heavy (non-hydrogen) atoms. The molecule has 3 nitrogen and oxygen atoms in total. The first-order valence-electron chi connectivity index (χ1n) is 6.12. The number of carbonyl (C=O) groups is 1. The molecule has 1 saturated heterocycles. The average Bonchev–Trinajstić information content (AvgIpc) is 2.16. The molecule has 2 aliphatic rings. The summed E-state index contributed by atoms with van der Waals surface area (Å²) in [4.78, 5) is 14.1. The molecule has 0 bridgehead atoms. The van der Waals surface area contributed by atoms with Crippen LogP contribution < -0.4 is 5.32 Å². The number of hydrogen-bond donors (Lipinski definition) is 1. The summed E-state index contributed by atoms with van der Waals surface area (Å²) in [7, 11) is 2.02. The van der Waals surface area contributed by atoms with Crippen LogP contribution in [-0.4, -0.2) is 36.5 Å². The van der Waals surface area contributed by atoms with Crippen LogP contribution in [0.25, 0.3) is 0 Å². The maximum absolute atomic E-state index is 12.0. The average molecular weight is 210 g/mol. The van der Waals surface area contributed by atoms with Gasteiger partial charge in [-0.25, -0.2) is 0 Å². The summed E-state index contributed by atoms with van der Waals surface area (Å²) >= 11 is 0. The monoisotopic (exact) mass is 210 g/mol. The first kappa shape index (κ1) is 10.9. The summed E-state index contributed by atoms with van der Waals surface area (Å²) < 4.78 is 0. The molecule has 1 saturated carbocycles. The molecule has 0 aromatic heterocycles. The number of carbonyl (C=O) groups excluding carboxylic acids is 1. The Bertz CT molecular complexity index is 240. The Morgan fingerprint density at radius 3 is 2.33 bits per heavy atom. The van der Waals surface area contributed by atoms with Gasteiger partial charge in [-0.1, -0.05) is 6.42 Å². The molecule has 3 heteroatoms. The van der Waals surface area contributed by atoms with Crippen LogP contribution in [0.3, 0.4) is 0 Å². The molecule has 86 valence electrons. The van der Waals surface area contributed by atoms with Crippen molar-refractivity contribution < 1.29 is 4.79 Å².